The second-order valence-corrected chi connectivity index (χ2v) is 4.25. The first-order chi connectivity index (χ1) is 7.27. The molecule has 0 spiro atoms. The van der Waals surface area contributed by atoms with Gasteiger partial charge in [0.2, 0.25) is 0 Å². The zero-order valence-corrected chi connectivity index (χ0v) is 9.74. The number of hydrogen-bond donors (Lipinski definition) is 1. The molecule has 2 heteroatoms. The summed E-state index contributed by atoms with van der Waals surface area (Å²) in [6, 6.07) is 15.6. The molecule has 2 aromatic rings. The molecule has 0 amide bonds. The van der Waals surface area contributed by atoms with Crippen LogP contribution in [0, 0.1) is 0 Å². The van der Waals surface area contributed by atoms with E-state index in [0.29, 0.717) is 5.75 Å². The van der Waals surface area contributed by atoms with Crippen LogP contribution in [0.15, 0.2) is 53.0 Å². The lowest BCUT2D eigenvalue weighted by atomic mass is 10.0. The molecule has 2 aromatic carbocycles. The van der Waals surface area contributed by atoms with E-state index >= 15 is 0 Å². The second-order valence-electron chi connectivity index (χ2n) is 3.40. The van der Waals surface area contributed by atoms with Crippen LogP contribution in [0.4, 0.5) is 0 Å². The van der Waals surface area contributed by atoms with Crippen molar-refractivity contribution in [2.45, 2.75) is 6.42 Å². The Balaban J connectivity index is 2.32. The summed E-state index contributed by atoms with van der Waals surface area (Å²) in [6.07, 6.45) is 0.744. The van der Waals surface area contributed by atoms with E-state index in [4.69, 9.17) is 0 Å². The summed E-state index contributed by atoms with van der Waals surface area (Å²) in [5.74, 6) is 0.341. The Morgan fingerprint density at radius 2 is 1.67 bits per heavy atom. The molecule has 0 atom stereocenters. The normalized spacial score (nSPS) is 10.2. The van der Waals surface area contributed by atoms with Crippen LogP contribution in [-0.4, -0.2) is 5.11 Å². The second kappa shape index (κ2) is 4.49. The maximum atomic E-state index is 9.72. The molecule has 0 aliphatic carbocycles. The minimum Gasteiger partial charge on any atom is -0.508 e. The molecule has 1 nitrogen and oxygen atoms in total. The van der Waals surface area contributed by atoms with Crippen LogP contribution in [0.2, 0.25) is 0 Å². The van der Waals surface area contributed by atoms with Crippen molar-refractivity contribution < 1.29 is 5.11 Å². The standard InChI is InChI=1S/C13H11BrO/c14-12-7-4-8-13(15)11(12)9-10-5-2-1-3-6-10/h1-8,15H,9H2. The van der Waals surface area contributed by atoms with Crippen LogP contribution in [0.3, 0.4) is 0 Å². The van der Waals surface area contributed by atoms with Gasteiger partial charge in [0.05, 0.1) is 0 Å². The molecule has 0 bridgehead atoms. The van der Waals surface area contributed by atoms with Gasteiger partial charge in [-0.3, -0.25) is 0 Å². The minimum atomic E-state index is 0.341. The average Bonchev–Trinajstić information content (AvgIpc) is 2.25. The first kappa shape index (κ1) is 10.2. The fraction of sp³-hybridized carbons (Fsp3) is 0.0769. The molecule has 0 fully saturated rings. The van der Waals surface area contributed by atoms with Crippen molar-refractivity contribution >= 4 is 15.9 Å². The summed E-state index contributed by atoms with van der Waals surface area (Å²) in [7, 11) is 0. The van der Waals surface area contributed by atoms with Crippen LogP contribution in [-0.2, 0) is 6.42 Å². The molecule has 0 aromatic heterocycles. The highest BCUT2D eigenvalue weighted by Gasteiger charge is 2.05. The van der Waals surface area contributed by atoms with Crippen molar-refractivity contribution in [2.75, 3.05) is 0 Å². The first-order valence-corrected chi connectivity index (χ1v) is 5.57. The topological polar surface area (TPSA) is 20.2 Å². The molecule has 0 heterocycles. The van der Waals surface area contributed by atoms with E-state index in [1.807, 2.05) is 30.3 Å². The molecular formula is C13H11BrO. The molecule has 0 saturated carbocycles. The minimum absolute atomic E-state index is 0.341. The Morgan fingerprint density at radius 3 is 2.33 bits per heavy atom. The molecule has 0 unspecified atom stereocenters. The molecular weight excluding hydrogens is 252 g/mol. The van der Waals surface area contributed by atoms with Crippen molar-refractivity contribution in [3.8, 4) is 5.75 Å². The van der Waals surface area contributed by atoms with Crippen molar-refractivity contribution in [3.05, 3.63) is 64.1 Å². The highest BCUT2D eigenvalue weighted by atomic mass is 79.9. The molecule has 0 aliphatic rings. The number of benzene rings is 2. The van der Waals surface area contributed by atoms with Crippen molar-refractivity contribution in [3.63, 3.8) is 0 Å². The van der Waals surface area contributed by atoms with Gasteiger partial charge in [0.25, 0.3) is 0 Å². The summed E-state index contributed by atoms with van der Waals surface area (Å²) in [4.78, 5) is 0. The average molecular weight is 263 g/mol. The highest BCUT2D eigenvalue weighted by molar-refractivity contribution is 9.10. The van der Waals surface area contributed by atoms with E-state index in [9.17, 15) is 5.11 Å². The molecule has 0 saturated heterocycles. The lowest BCUT2D eigenvalue weighted by molar-refractivity contribution is 0.469. The number of hydrogen-bond acceptors (Lipinski definition) is 1. The Kier molecular flexibility index (Phi) is 3.07. The summed E-state index contributed by atoms with van der Waals surface area (Å²) in [6.45, 7) is 0. The largest absolute Gasteiger partial charge is 0.508 e. The Hall–Kier alpha value is -1.28. The number of phenolic OH excluding ortho intramolecular Hbond substituents is 1. The van der Waals surface area contributed by atoms with E-state index in [2.05, 4.69) is 28.1 Å². The Bertz CT molecular complexity index is 431. The number of halogens is 1. The van der Waals surface area contributed by atoms with Gasteiger partial charge in [-0.05, 0) is 17.7 Å². The Labute approximate surface area is 97.5 Å². The van der Waals surface area contributed by atoms with Gasteiger partial charge >= 0.3 is 0 Å². The van der Waals surface area contributed by atoms with Gasteiger partial charge < -0.3 is 5.11 Å². The quantitative estimate of drug-likeness (QED) is 0.874. The maximum absolute atomic E-state index is 9.72. The third-order valence-corrected chi connectivity index (χ3v) is 3.06. The summed E-state index contributed by atoms with van der Waals surface area (Å²) >= 11 is 3.44. The molecule has 0 radical (unpaired) electrons. The SMILES string of the molecule is Oc1cccc(Br)c1Cc1ccccc1. The molecule has 0 aliphatic heterocycles. The van der Waals surface area contributed by atoms with Crippen molar-refractivity contribution in [1.29, 1.82) is 0 Å². The van der Waals surface area contributed by atoms with E-state index in [1.165, 1.54) is 5.56 Å². The van der Waals surface area contributed by atoms with E-state index < -0.39 is 0 Å². The van der Waals surface area contributed by atoms with Crippen molar-refractivity contribution in [1.82, 2.24) is 0 Å². The molecule has 1 N–H and O–H groups in total. The zero-order chi connectivity index (χ0) is 10.7. The fourth-order valence-electron chi connectivity index (χ4n) is 1.52. The van der Waals surface area contributed by atoms with Crippen LogP contribution in [0.5, 0.6) is 5.75 Å². The summed E-state index contributed by atoms with van der Waals surface area (Å²) in [5.41, 5.74) is 2.13. The molecule has 76 valence electrons. The third kappa shape index (κ3) is 2.39. The number of rotatable bonds is 2. The van der Waals surface area contributed by atoms with Gasteiger partial charge in [0.15, 0.2) is 0 Å². The van der Waals surface area contributed by atoms with Crippen LogP contribution < -0.4 is 0 Å². The predicted octanol–water partition coefficient (Wildman–Crippen LogP) is 3.75. The van der Waals surface area contributed by atoms with Gasteiger partial charge in [-0.2, -0.15) is 0 Å². The van der Waals surface area contributed by atoms with Gasteiger partial charge in [-0.15, -0.1) is 0 Å². The zero-order valence-electron chi connectivity index (χ0n) is 8.15. The smallest absolute Gasteiger partial charge is 0.120 e. The van der Waals surface area contributed by atoms with Gasteiger partial charge in [-0.1, -0.05) is 52.3 Å². The van der Waals surface area contributed by atoms with E-state index in [-0.39, 0.29) is 0 Å². The van der Waals surface area contributed by atoms with Gasteiger partial charge in [-0.25, -0.2) is 0 Å². The maximum Gasteiger partial charge on any atom is 0.120 e. The van der Waals surface area contributed by atoms with E-state index in [0.717, 1.165) is 16.5 Å². The molecule has 2 rings (SSSR count). The monoisotopic (exact) mass is 262 g/mol. The van der Waals surface area contributed by atoms with Gasteiger partial charge in [0, 0.05) is 16.5 Å². The predicted molar refractivity (Wildman–Crippen MR) is 65.1 cm³/mol. The fourth-order valence-corrected chi connectivity index (χ4v) is 2.02. The highest BCUT2D eigenvalue weighted by Crippen LogP contribution is 2.27. The Morgan fingerprint density at radius 1 is 0.933 bits per heavy atom. The number of phenols is 1. The summed E-state index contributed by atoms with van der Waals surface area (Å²) in [5, 5.41) is 9.72. The number of aromatic hydroxyl groups is 1. The van der Waals surface area contributed by atoms with Crippen LogP contribution in [0.1, 0.15) is 11.1 Å². The van der Waals surface area contributed by atoms with Gasteiger partial charge in [0.1, 0.15) is 5.75 Å². The van der Waals surface area contributed by atoms with E-state index in [1.54, 1.807) is 6.07 Å². The van der Waals surface area contributed by atoms with Crippen LogP contribution in [0.25, 0.3) is 0 Å². The third-order valence-electron chi connectivity index (χ3n) is 2.32. The van der Waals surface area contributed by atoms with Crippen molar-refractivity contribution in [2.24, 2.45) is 0 Å². The lowest BCUT2D eigenvalue weighted by Gasteiger charge is -2.06. The molecule has 15 heavy (non-hydrogen) atoms. The van der Waals surface area contributed by atoms with Crippen LogP contribution >= 0.6 is 15.9 Å². The first-order valence-electron chi connectivity index (χ1n) is 4.77. The lowest BCUT2D eigenvalue weighted by Crippen LogP contribution is -1.89. The summed E-state index contributed by atoms with van der Waals surface area (Å²) < 4.78 is 0.950.